The molecule has 1 aromatic carbocycles. The number of likely N-dealkylation sites (tertiary alicyclic amines) is 1. The topological polar surface area (TPSA) is 114 Å². The van der Waals surface area contributed by atoms with E-state index in [2.05, 4.69) is 15.3 Å². The highest BCUT2D eigenvalue weighted by atomic mass is 19.1. The van der Waals surface area contributed by atoms with E-state index >= 15 is 0 Å². The van der Waals surface area contributed by atoms with Crippen LogP contribution >= 0.6 is 0 Å². The molecule has 4 rings (SSSR count). The number of piperidine rings is 1. The van der Waals surface area contributed by atoms with Crippen LogP contribution in [0.25, 0.3) is 0 Å². The number of ketones is 1. The summed E-state index contributed by atoms with van der Waals surface area (Å²) < 4.78 is 24.6. The van der Waals surface area contributed by atoms with E-state index in [1.807, 2.05) is 4.90 Å². The third kappa shape index (κ3) is 5.68. The predicted octanol–water partition coefficient (Wildman–Crippen LogP) is 1.59. The van der Waals surface area contributed by atoms with Crippen LogP contribution < -0.4 is 15.6 Å². The van der Waals surface area contributed by atoms with Gasteiger partial charge in [-0.05, 0) is 51.1 Å². The van der Waals surface area contributed by atoms with Crippen molar-refractivity contribution in [2.45, 2.75) is 39.3 Å². The molecular formula is C24H29FN4O5. The number of ether oxygens (including phenoxy) is 2. The van der Waals surface area contributed by atoms with Gasteiger partial charge in [-0.2, -0.15) is 0 Å². The summed E-state index contributed by atoms with van der Waals surface area (Å²) in [5.41, 5.74) is 1.38. The number of fused-ring (bicyclic) bond motifs is 1. The van der Waals surface area contributed by atoms with Crippen LogP contribution in [0.1, 0.15) is 47.2 Å². The monoisotopic (exact) mass is 472 g/mol. The molecule has 3 heterocycles. The van der Waals surface area contributed by atoms with E-state index in [0.29, 0.717) is 62.5 Å². The second-order valence-corrected chi connectivity index (χ2v) is 8.51. The number of carbonyl (C=O) groups is 2. The Morgan fingerprint density at radius 2 is 2.12 bits per heavy atom. The molecule has 0 spiro atoms. The average molecular weight is 473 g/mol. The molecule has 0 atom stereocenters. The highest BCUT2D eigenvalue weighted by Crippen LogP contribution is 2.25. The molecule has 9 nitrogen and oxygen atoms in total. The normalized spacial score (nSPS) is 16.6. The molecule has 0 radical (unpaired) electrons. The van der Waals surface area contributed by atoms with Crippen molar-refractivity contribution in [3.05, 3.63) is 57.0 Å². The number of amides is 1. The van der Waals surface area contributed by atoms with Crippen molar-refractivity contribution in [1.29, 1.82) is 0 Å². The Morgan fingerprint density at radius 3 is 2.85 bits per heavy atom. The van der Waals surface area contributed by atoms with Gasteiger partial charge in [0.05, 0.1) is 44.2 Å². The first-order chi connectivity index (χ1) is 16.4. The number of hydrogen-bond donors (Lipinski definition) is 2. The fourth-order valence-electron chi connectivity index (χ4n) is 4.34. The van der Waals surface area contributed by atoms with Crippen molar-refractivity contribution in [2.75, 3.05) is 32.8 Å². The van der Waals surface area contributed by atoms with Crippen LogP contribution in [0.15, 0.2) is 23.0 Å². The van der Waals surface area contributed by atoms with Crippen LogP contribution in [0.2, 0.25) is 0 Å². The fraction of sp³-hybridized carbons (Fsp3) is 0.500. The molecular weight excluding hydrogens is 443 g/mol. The predicted molar refractivity (Wildman–Crippen MR) is 121 cm³/mol. The molecule has 1 fully saturated rings. The first-order valence-corrected chi connectivity index (χ1v) is 11.6. The lowest BCUT2D eigenvalue weighted by Gasteiger charge is -2.30. The van der Waals surface area contributed by atoms with Gasteiger partial charge in [-0.15, -0.1) is 0 Å². The largest absolute Gasteiger partial charge is 0.491 e. The number of hydrogen-bond acceptors (Lipinski definition) is 7. The number of halogens is 1. The molecule has 2 aromatic rings. The number of aromatic nitrogens is 2. The Balaban J connectivity index is 1.24. The fourth-order valence-corrected chi connectivity index (χ4v) is 4.34. The summed E-state index contributed by atoms with van der Waals surface area (Å²) in [6, 6.07) is 4.32. The number of Topliss-reactive ketones (excluding diaryl/α,β-unsaturated/α-hetero) is 1. The molecule has 10 heteroatoms. The lowest BCUT2D eigenvalue weighted by molar-refractivity contribution is -0.122. The van der Waals surface area contributed by atoms with Crippen molar-refractivity contribution in [1.82, 2.24) is 20.2 Å². The van der Waals surface area contributed by atoms with E-state index in [1.165, 1.54) is 12.1 Å². The summed E-state index contributed by atoms with van der Waals surface area (Å²) in [4.78, 5) is 46.5. The van der Waals surface area contributed by atoms with Gasteiger partial charge < -0.3 is 19.8 Å². The van der Waals surface area contributed by atoms with Crippen LogP contribution in [-0.2, 0) is 29.1 Å². The third-order valence-corrected chi connectivity index (χ3v) is 6.17. The van der Waals surface area contributed by atoms with Gasteiger partial charge in [0.1, 0.15) is 5.82 Å². The third-order valence-electron chi connectivity index (χ3n) is 6.17. The second-order valence-electron chi connectivity index (χ2n) is 8.51. The Hall–Kier alpha value is -3.11. The number of nitrogens with one attached hydrogen (secondary N) is 2. The minimum Gasteiger partial charge on any atom is -0.491 e. The van der Waals surface area contributed by atoms with Gasteiger partial charge in [0.2, 0.25) is 5.91 Å². The maximum Gasteiger partial charge on any atom is 0.256 e. The first kappa shape index (κ1) is 24.0. The smallest absolute Gasteiger partial charge is 0.256 e. The summed E-state index contributed by atoms with van der Waals surface area (Å²) >= 11 is 0. The molecule has 2 aliphatic rings. The molecule has 0 saturated carbocycles. The lowest BCUT2D eigenvalue weighted by Crippen LogP contribution is -2.42. The minimum atomic E-state index is -0.537. The van der Waals surface area contributed by atoms with Gasteiger partial charge in [-0.3, -0.25) is 19.3 Å². The van der Waals surface area contributed by atoms with Crippen LogP contribution in [-0.4, -0.2) is 59.4 Å². The van der Waals surface area contributed by atoms with Crippen LogP contribution in [0.4, 0.5) is 4.39 Å². The zero-order valence-corrected chi connectivity index (χ0v) is 19.2. The molecule has 0 bridgehead atoms. The highest BCUT2D eigenvalue weighted by Gasteiger charge is 2.27. The van der Waals surface area contributed by atoms with E-state index < -0.39 is 5.82 Å². The Labute approximate surface area is 196 Å². The Bertz CT molecular complexity index is 1110. The molecule has 2 aliphatic heterocycles. The van der Waals surface area contributed by atoms with Gasteiger partial charge in [-0.25, -0.2) is 9.37 Å². The maximum absolute atomic E-state index is 14.1. The standard InChI is InChI=1S/C24H29FN4O5/c1-2-34-20-4-3-16(11-18(20)25)23(31)15-5-8-29(9-6-15)13-22(30)26-12-21-27-19-7-10-33-14-17(19)24(32)28-21/h3-4,11,15H,2,5-10,12-14H2,1H3,(H,26,30)(H,27,28,32). The van der Waals surface area contributed by atoms with Crippen molar-refractivity contribution in [3.63, 3.8) is 0 Å². The summed E-state index contributed by atoms with van der Waals surface area (Å²) in [5.74, 6) is -0.439. The van der Waals surface area contributed by atoms with Gasteiger partial charge in [0.25, 0.3) is 5.56 Å². The number of benzene rings is 1. The Kier molecular flexibility index (Phi) is 7.69. The number of aromatic amines is 1. The van der Waals surface area contributed by atoms with Crippen molar-refractivity contribution < 1.29 is 23.5 Å². The summed E-state index contributed by atoms with van der Waals surface area (Å²) in [5, 5.41) is 2.80. The number of carbonyl (C=O) groups excluding carboxylic acids is 2. The number of H-pyrrole nitrogens is 1. The molecule has 1 amide bonds. The Morgan fingerprint density at radius 1 is 1.32 bits per heavy atom. The van der Waals surface area contributed by atoms with Gasteiger partial charge in [0.15, 0.2) is 17.3 Å². The molecule has 34 heavy (non-hydrogen) atoms. The number of nitrogens with zero attached hydrogens (tertiary/aromatic N) is 2. The van der Waals surface area contributed by atoms with E-state index in [0.717, 1.165) is 5.69 Å². The summed E-state index contributed by atoms with van der Waals surface area (Å²) in [6.07, 6.45) is 1.78. The van der Waals surface area contributed by atoms with Gasteiger partial charge in [-0.1, -0.05) is 0 Å². The second kappa shape index (κ2) is 10.9. The van der Waals surface area contributed by atoms with E-state index in [1.54, 1.807) is 13.0 Å². The average Bonchev–Trinajstić information content (AvgIpc) is 2.84. The van der Waals surface area contributed by atoms with Crippen molar-refractivity contribution in [3.8, 4) is 5.75 Å². The molecule has 1 saturated heterocycles. The molecule has 182 valence electrons. The molecule has 0 aliphatic carbocycles. The summed E-state index contributed by atoms with van der Waals surface area (Å²) in [6.45, 7) is 4.44. The van der Waals surface area contributed by atoms with E-state index in [-0.39, 0.29) is 48.6 Å². The maximum atomic E-state index is 14.1. The van der Waals surface area contributed by atoms with Gasteiger partial charge >= 0.3 is 0 Å². The van der Waals surface area contributed by atoms with Crippen LogP contribution in [0, 0.1) is 11.7 Å². The quantitative estimate of drug-likeness (QED) is 0.561. The minimum absolute atomic E-state index is 0.0844. The summed E-state index contributed by atoms with van der Waals surface area (Å²) in [7, 11) is 0. The van der Waals surface area contributed by atoms with Crippen LogP contribution in [0.5, 0.6) is 5.75 Å². The number of rotatable bonds is 8. The van der Waals surface area contributed by atoms with Gasteiger partial charge in [0, 0.05) is 17.9 Å². The molecule has 2 N–H and O–H groups in total. The molecule has 0 unspecified atom stereocenters. The highest BCUT2D eigenvalue weighted by molar-refractivity contribution is 5.98. The first-order valence-electron chi connectivity index (χ1n) is 11.6. The zero-order chi connectivity index (χ0) is 24.1. The van der Waals surface area contributed by atoms with Crippen LogP contribution in [0.3, 0.4) is 0 Å². The van der Waals surface area contributed by atoms with Crippen molar-refractivity contribution in [2.24, 2.45) is 5.92 Å². The van der Waals surface area contributed by atoms with Crippen molar-refractivity contribution >= 4 is 11.7 Å². The SMILES string of the molecule is CCOc1ccc(C(=O)C2CCN(CC(=O)NCc3nc4c(c(=O)[nH]3)COCC4)CC2)cc1F. The zero-order valence-electron chi connectivity index (χ0n) is 19.2. The van der Waals surface area contributed by atoms with E-state index in [4.69, 9.17) is 9.47 Å². The molecule has 1 aromatic heterocycles. The lowest BCUT2D eigenvalue weighted by atomic mass is 9.89. The van der Waals surface area contributed by atoms with E-state index in [9.17, 15) is 18.8 Å².